The molecule has 3 heterocycles. The predicted octanol–water partition coefficient (Wildman–Crippen LogP) is 2.97. The number of aliphatic carboxylic acids is 1. The second-order valence-corrected chi connectivity index (χ2v) is 6.91. The van der Waals surface area contributed by atoms with E-state index in [0.717, 1.165) is 5.56 Å². The molecule has 1 aliphatic rings. The molecule has 1 aliphatic heterocycles. The van der Waals surface area contributed by atoms with Crippen molar-refractivity contribution in [3.63, 3.8) is 0 Å². The zero-order valence-corrected chi connectivity index (χ0v) is 14.5. The SMILES string of the molecule is Cc1oc(-c2ccsc2)nc1CC(=O)N1CCC[C@@H](C(=O)O)[C@H]1C. The van der Waals surface area contributed by atoms with Crippen LogP contribution in [0.2, 0.25) is 0 Å². The molecule has 0 aliphatic carbocycles. The highest BCUT2D eigenvalue weighted by molar-refractivity contribution is 7.08. The number of amides is 1. The Morgan fingerprint density at radius 1 is 1.50 bits per heavy atom. The summed E-state index contributed by atoms with van der Waals surface area (Å²) in [7, 11) is 0. The molecule has 0 spiro atoms. The quantitative estimate of drug-likeness (QED) is 0.918. The van der Waals surface area contributed by atoms with Gasteiger partial charge in [-0.05, 0) is 38.1 Å². The Morgan fingerprint density at radius 3 is 2.96 bits per heavy atom. The van der Waals surface area contributed by atoms with E-state index in [-0.39, 0.29) is 18.4 Å². The number of thiophene rings is 1. The van der Waals surface area contributed by atoms with E-state index in [9.17, 15) is 14.7 Å². The number of aromatic nitrogens is 1. The smallest absolute Gasteiger partial charge is 0.308 e. The number of rotatable bonds is 4. The Bertz CT molecular complexity index is 738. The molecule has 1 N–H and O–H groups in total. The first-order valence-electron chi connectivity index (χ1n) is 7.98. The molecule has 2 atom stereocenters. The largest absolute Gasteiger partial charge is 0.481 e. The summed E-state index contributed by atoms with van der Waals surface area (Å²) < 4.78 is 5.66. The van der Waals surface area contributed by atoms with Gasteiger partial charge in [0.2, 0.25) is 11.8 Å². The van der Waals surface area contributed by atoms with E-state index in [4.69, 9.17) is 4.42 Å². The molecule has 6 nitrogen and oxygen atoms in total. The number of carboxylic acid groups (broad SMARTS) is 1. The Hall–Kier alpha value is -2.15. The molecule has 0 bridgehead atoms. The highest BCUT2D eigenvalue weighted by atomic mass is 32.1. The van der Waals surface area contributed by atoms with Gasteiger partial charge >= 0.3 is 5.97 Å². The van der Waals surface area contributed by atoms with Crippen LogP contribution in [-0.4, -0.2) is 39.5 Å². The number of carbonyl (C=O) groups is 2. The average molecular weight is 348 g/mol. The van der Waals surface area contributed by atoms with E-state index >= 15 is 0 Å². The summed E-state index contributed by atoms with van der Waals surface area (Å²) in [6.45, 7) is 4.20. The average Bonchev–Trinajstić information content (AvgIpc) is 3.17. The first kappa shape index (κ1) is 16.7. The second kappa shape index (κ2) is 6.76. The monoisotopic (exact) mass is 348 g/mol. The van der Waals surface area contributed by atoms with E-state index in [1.54, 1.807) is 23.2 Å². The molecule has 1 saturated heterocycles. The van der Waals surface area contributed by atoms with Crippen molar-refractivity contribution in [2.45, 2.75) is 39.2 Å². The molecule has 2 aromatic rings. The van der Waals surface area contributed by atoms with Crippen molar-refractivity contribution in [2.75, 3.05) is 6.54 Å². The fourth-order valence-electron chi connectivity index (χ4n) is 3.17. The number of aryl methyl sites for hydroxylation is 1. The van der Waals surface area contributed by atoms with Crippen LogP contribution < -0.4 is 0 Å². The molecule has 0 saturated carbocycles. The van der Waals surface area contributed by atoms with Crippen LogP contribution in [0.25, 0.3) is 11.5 Å². The van der Waals surface area contributed by atoms with Gasteiger partial charge in [-0.15, -0.1) is 0 Å². The summed E-state index contributed by atoms with van der Waals surface area (Å²) in [5.41, 5.74) is 1.52. The van der Waals surface area contributed by atoms with E-state index in [2.05, 4.69) is 4.98 Å². The van der Waals surface area contributed by atoms with Crippen LogP contribution in [0.5, 0.6) is 0 Å². The first-order chi connectivity index (χ1) is 11.5. The number of carboxylic acids is 1. The van der Waals surface area contributed by atoms with Crippen LogP contribution in [0.3, 0.4) is 0 Å². The Balaban J connectivity index is 1.74. The molecule has 128 valence electrons. The molecule has 0 radical (unpaired) electrons. The van der Waals surface area contributed by atoms with Crippen molar-refractivity contribution in [1.82, 2.24) is 9.88 Å². The third-order valence-corrected chi connectivity index (χ3v) is 5.29. The zero-order chi connectivity index (χ0) is 17.3. The summed E-state index contributed by atoms with van der Waals surface area (Å²) in [5, 5.41) is 13.2. The molecule has 0 aromatic carbocycles. The van der Waals surface area contributed by atoms with Gasteiger partial charge in [-0.1, -0.05) is 0 Å². The molecule has 3 rings (SSSR count). The minimum Gasteiger partial charge on any atom is -0.481 e. The summed E-state index contributed by atoms with van der Waals surface area (Å²) >= 11 is 1.56. The normalized spacial score (nSPS) is 21.0. The van der Waals surface area contributed by atoms with Crippen molar-refractivity contribution < 1.29 is 19.1 Å². The van der Waals surface area contributed by atoms with Gasteiger partial charge in [0.15, 0.2) is 0 Å². The summed E-state index contributed by atoms with van der Waals surface area (Å²) in [6.07, 6.45) is 1.46. The lowest BCUT2D eigenvalue weighted by molar-refractivity contribution is -0.148. The lowest BCUT2D eigenvalue weighted by Crippen LogP contribution is -2.49. The van der Waals surface area contributed by atoms with Crippen LogP contribution in [0.15, 0.2) is 21.2 Å². The maximum Gasteiger partial charge on any atom is 0.308 e. The van der Waals surface area contributed by atoms with Crippen molar-refractivity contribution in [2.24, 2.45) is 5.92 Å². The van der Waals surface area contributed by atoms with Gasteiger partial charge in [0, 0.05) is 23.5 Å². The molecule has 1 fully saturated rings. The summed E-state index contributed by atoms with van der Waals surface area (Å²) in [5.74, 6) is -0.280. The highest BCUT2D eigenvalue weighted by Crippen LogP contribution is 2.27. The van der Waals surface area contributed by atoms with Crippen molar-refractivity contribution in [3.05, 3.63) is 28.3 Å². The van der Waals surface area contributed by atoms with E-state index in [0.29, 0.717) is 36.7 Å². The Labute approximate surface area is 144 Å². The van der Waals surface area contributed by atoms with Crippen LogP contribution in [0.4, 0.5) is 0 Å². The van der Waals surface area contributed by atoms with Crippen LogP contribution in [0, 0.1) is 12.8 Å². The van der Waals surface area contributed by atoms with Crippen molar-refractivity contribution in [3.8, 4) is 11.5 Å². The second-order valence-electron chi connectivity index (χ2n) is 6.13. The van der Waals surface area contributed by atoms with Gasteiger partial charge in [-0.2, -0.15) is 11.3 Å². The number of likely N-dealkylation sites (tertiary alicyclic amines) is 1. The fourth-order valence-corrected chi connectivity index (χ4v) is 3.80. The highest BCUT2D eigenvalue weighted by Gasteiger charge is 2.35. The fraction of sp³-hybridized carbons (Fsp3) is 0.471. The van der Waals surface area contributed by atoms with Crippen molar-refractivity contribution >= 4 is 23.2 Å². The van der Waals surface area contributed by atoms with Gasteiger partial charge in [-0.3, -0.25) is 9.59 Å². The van der Waals surface area contributed by atoms with Gasteiger partial charge < -0.3 is 14.4 Å². The van der Waals surface area contributed by atoms with Gasteiger partial charge in [0.1, 0.15) is 5.76 Å². The minimum atomic E-state index is -0.836. The third-order valence-electron chi connectivity index (χ3n) is 4.61. The lowest BCUT2D eigenvalue weighted by atomic mass is 9.90. The molecular formula is C17H20N2O4S. The third kappa shape index (κ3) is 3.21. The number of nitrogens with zero attached hydrogens (tertiary/aromatic N) is 2. The molecule has 24 heavy (non-hydrogen) atoms. The molecule has 1 amide bonds. The van der Waals surface area contributed by atoms with E-state index in [1.165, 1.54) is 0 Å². The molecule has 2 aromatic heterocycles. The van der Waals surface area contributed by atoms with Gasteiger partial charge in [-0.25, -0.2) is 4.98 Å². The molecular weight excluding hydrogens is 328 g/mol. The van der Waals surface area contributed by atoms with E-state index in [1.807, 2.05) is 23.8 Å². The number of hydrogen-bond donors (Lipinski definition) is 1. The predicted molar refractivity (Wildman–Crippen MR) is 89.8 cm³/mol. The van der Waals surface area contributed by atoms with E-state index < -0.39 is 11.9 Å². The number of hydrogen-bond acceptors (Lipinski definition) is 5. The Kier molecular flexibility index (Phi) is 4.71. The number of oxazole rings is 1. The topological polar surface area (TPSA) is 83.6 Å². The molecule has 7 heteroatoms. The standard InChI is InChI=1S/C17H20N2O4S/c1-10-13(17(21)22)4-3-6-19(10)15(20)8-14-11(2)23-16(18-14)12-5-7-24-9-12/h5,7,9-10,13H,3-4,6,8H2,1-2H3,(H,21,22)/t10-,13-/m1/s1. The van der Waals surface area contributed by atoms with Gasteiger partial charge in [0.25, 0.3) is 0 Å². The summed E-state index contributed by atoms with van der Waals surface area (Å²) in [6, 6.07) is 1.62. The first-order valence-corrected chi connectivity index (χ1v) is 8.92. The van der Waals surface area contributed by atoms with Crippen LogP contribution in [0.1, 0.15) is 31.2 Å². The maximum atomic E-state index is 12.6. The van der Waals surface area contributed by atoms with Crippen molar-refractivity contribution in [1.29, 1.82) is 0 Å². The lowest BCUT2D eigenvalue weighted by Gasteiger charge is -2.37. The Morgan fingerprint density at radius 2 is 2.29 bits per heavy atom. The minimum absolute atomic E-state index is 0.0956. The van der Waals surface area contributed by atoms with Crippen LogP contribution in [-0.2, 0) is 16.0 Å². The maximum absolute atomic E-state index is 12.6. The van der Waals surface area contributed by atoms with Crippen LogP contribution >= 0.6 is 11.3 Å². The summed E-state index contributed by atoms with van der Waals surface area (Å²) in [4.78, 5) is 30.1. The van der Waals surface area contributed by atoms with Gasteiger partial charge in [0.05, 0.1) is 18.0 Å². The number of carbonyl (C=O) groups excluding carboxylic acids is 1. The molecule has 0 unspecified atom stereocenters. The number of piperidine rings is 1. The zero-order valence-electron chi connectivity index (χ0n) is 13.7.